The van der Waals surface area contributed by atoms with E-state index in [-0.39, 0.29) is 24.4 Å². The van der Waals surface area contributed by atoms with Gasteiger partial charge in [-0.25, -0.2) is 0 Å². The second-order valence-corrected chi connectivity index (χ2v) is 5.54. The van der Waals surface area contributed by atoms with Crippen molar-refractivity contribution >= 4 is 5.91 Å². The molecule has 2 aromatic rings. The van der Waals surface area contributed by atoms with Gasteiger partial charge in [0.15, 0.2) is 11.5 Å². The van der Waals surface area contributed by atoms with Gasteiger partial charge in [0.1, 0.15) is 0 Å². The minimum atomic E-state index is -0.367. The van der Waals surface area contributed by atoms with Crippen LogP contribution in [-0.2, 0) is 4.79 Å². The number of carbonyl (C=O) groups excluding carboxylic acids is 1. The number of hydrogen-bond donors (Lipinski definition) is 2. The first-order valence-electron chi connectivity index (χ1n) is 7.88. The predicted octanol–water partition coefficient (Wildman–Crippen LogP) is 2.62. The first-order valence-corrected chi connectivity index (χ1v) is 7.88. The van der Waals surface area contributed by atoms with Gasteiger partial charge >= 0.3 is 0 Å². The van der Waals surface area contributed by atoms with Gasteiger partial charge in [-0.1, -0.05) is 36.4 Å². The molecule has 5 heteroatoms. The molecule has 0 saturated carbocycles. The Balaban J connectivity index is 2.13. The molecule has 2 unspecified atom stereocenters. The van der Waals surface area contributed by atoms with E-state index in [1.807, 2.05) is 55.5 Å². The molecule has 2 atom stereocenters. The zero-order valence-electron chi connectivity index (χ0n) is 14.3. The third kappa shape index (κ3) is 4.06. The second kappa shape index (κ2) is 8.36. The summed E-state index contributed by atoms with van der Waals surface area (Å²) >= 11 is 0. The van der Waals surface area contributed by atoms with E-state index >= 15 is 0 Å². The van der Waals surface area contributed by atoms with Crippen LogP contribution in [0.2, 0.25) is 0 Å². The van der Waals surface area contributed by atoms with Crippen molar-refractivity contribution in [3.05, 3.63) is 59.7 Å². The van der Waals surface area contributed by atoms with E-state index in [9.17, 15) is 4.79 Å². The summed E-state index contributed by atoms with van der Waals surface area (Å²) in [5.41, 5.74) is 7.66. The van der Waals surface area contributed by atoms with Crippen LogP contribution in [0, 0.1) is 0 Å². The average Bonchev–Trinajstić information content (AvgIpc) is 2.62. The van der Waals surface area contributed by atoms with Gasteiger partial charge in [0.05, 0.1) is 26.2 Å². The van der Waals surface area contributed by atoms with Crippen LogP contribution in [0.25, 0.3) is 0 Å². The van der Waals surface area contributed by atoms with E-state index in [1.54, 1.807) is 14.2 Å². The monoisotopic (exact) mass is 328 g/mol. The Labute approximate surface area is 142 Å². The highest BCUT2D eigenvalue weighted by Gasteiger charge is 2.21. The molecule has 0 bridgehead atoms. The smallest absolute Gasteiger partial charge is 0.229 e. The van der Waals surface area contributed by atoms with Crippen LogP contribution in [0.1, 0.15) is 30.0 Å². The zero-order valence-corrected chi connectivity index (χ0v) is 14.3. The van der Waals surface area contributed by atoms with Crippen LogP contribution in [0.5, 0.6) is 11.5 Å². The summed E-state index contributed by atoms with van der Waals surface area (Å²) in [6.07, 6.45) is 0. The molecule has 2 aromatic carbocycles. The summed E-state index contributed by atoms with van der Waals surface area (Å²) in [7, 11) is 3.18. The van der Waals surface area contributed by atoms with Crippen molar-refractivity contribution in [1.29, 1.82) is 0 Å². The lowest BCUT2D eigenvalue weighted by Crippen LogP contribution is -2.35. The largest absolute Gasteiger partial charge is 0.493 e. The third-order valence-corrected chi connectivity index (χ3v) is 4.02. The zero-order chi connectivity index (χ0) is 17.5. The van der Waals surface area contributed by atoms with Gasteiger partial charge in [-0.2, -0.15) is 0 Å². The fourth-order valence-electron chi connectivity index (χ4n) is 2.60. The molecule has 0 spiro atoms. The van der Waals surface area contributed by atoms with Gasteiger partial charge in [-0.3, -0.25) is 4.79 Å². The van der Waals surface area contributed by atoms with Crippen molar-refractivity contribution < 1.29 is 14.3 Å². The van der Waals surface area contributed by atoms with Gasteiger partial charge in [-0.15, -0.1) is 0 Å². The number of nitrogens with two attached hydrogens (primary N) is 1. The maximum Gasteiger partial charge on any atom is 0.229 e. The highest BCUT2D eigenvalue weighted by molar-refractivity contribution is 5.84. The minimum absolute atomic E-state index is 0.0917. The molecule has 2 rings (SSSR count). The fraction of sp³-hybridized carbons (Fsp3) is 0.316. The van der Waals surface area contributed by atoms with Crippen molar-refractivity contribution in [3.8, 4) is 11.5 Å². The molecule has 0 aliphatic carbocycles. The van der Waals surface area contributed by atoms with Crippen LogP contribution in [0.4, 0.5) is 0 Å². The van der Waals surface area contributed by atoms with E-state index in [0.717, 1.165) is 11.1 Å². The number of ether oxygens (including phenoxy) is 2. The predicted molar refractivity (Wildman–Crippen MR) is 94.3 cm³/mol. The average molecular weight is 328 g/mol. The Morgan fingerprint density at radius 3 is 2.29 bits per heavy atom. The topological polar surface area (TPSA) is 73.6 Å². The Morgan fingerprint density at radius 2 is 1.71 bits per heavy atom. The molecule has 24 heavy (non-hydrogen) atoms. The standard InChI is InChI=1S/C19H24N2O3/c1-13(15-9-10-17(23-2)18(11-15)24-3)21-19(22)16(12-20)14-7-5-4-6-8-14/h4-11,13,16H,12,20H2,1-3H3,(H,21,22). The lowest BCUT2D eigenvalue weighted by atomic mass is 9.97. The number of rotatable bonds is 7. The molecule has 0 saturated heterocycles. The molecule has 0 aliphatic rings. The summed E-state index contributed by atoms with van der Waals surface area (Å²) in [5, 5.41) is 3.02. The molecular formula is C19H24N2O3. The summed E-state index contributed by atoms with van der Waals surface area (Å²) in [6, 6.07) is 15.0. The Morgan fingerprint density at radius 1 is 1.04 bits per heavy atom. The summed E-state index contributed by atoms with van der Waals surface area (Å²) in [4.78, 5) is 12.6. The highest BCUT2D eigenvalue weighted by Crippen LogP contribution is 2.30. The third-order valence-electron chi connectivity index (χ3n) is 4.02. The number of hydrogen-bond acceptors (Lipinski definition) is 4. The molecule has 3 N–H and O–H groups in total. The van der Waals surface area contributed by atoms with Gasteiger partial charge in [0.2, 0.25) is 5.91 Å². The first kappa shape index (κ1) is 17.8. The van der Waals surface area contributed by atoms with Crippen molar-refractivity contribution in [2.24, 2.45) is 5.73 Å². The van der Waals surface area contributed by atoms with Crippen molar-refractivity contribution in [3.63, 3.8) is 0 Å². The van der Waals surface area contributed by atoms with Crippen LogP contribution >= 0.6 is 0 Å². The van der Waals surface area contributed by atoms with Crippen LogP contribution in [0.15, 0.2) is 48.5 Å². The normalized spacial score (nSPS) is 13.0. The molecule has 0 aliphatic heterocycles. The second-order valence-electron chi connectivity index (χ2n) is 5.54. The fourth-order valence-corrected chi connectivity index (χ4v) is 2.60. The van der Waals surface area contributed by atoms with E-state index in [4.69, 9.17) is 15.2 Å². The molecular weight excluding hydrogens is 304 g/mol. The van der Waals surface area contributed by atoms with E-state index < -0.39 is 0 Å². The molecule has 0 heterocycles. The maximum atomic E-state index is 12.6. The number of amides is 1. The quantitative estimate of drug-likeness (QED) is 0.819. The first-order chi connectivity index (χ1) is 11.6. The van der Waals surface area contributed by atoms with Crippen LogP contribution < -0.4 is 20.5 Å². The van der Waals surface area contributed by atoms with Gasteiger partial charge in [-0.05, 0) is 30.2 Å². The van der Waals surface area contributed by atoms with Crippen LogP contribution in [-0.4, -0.2) is 26.7 Å². The maximum absolute atomic E-state index is 12.6. The minimum Gasteiger partial charge on any atom is -0.493 e. The Kier molecular flexibility index (Phi) is 6.21. The summed E-state index contributed by atoms with van der Waals surface area (Å²) in [5.74, 6) is 0.832. The van der Waals surface area contributed by atoms with E-state index in [0.29, 0.717) is 11.5 Å². The van der Waals surface area contributed by atoms with E-state index in [2.05, 4.69) is 5.32 Å². The lowest BCUT2D eigenvalue weighted by Gasteiger charge is -2.20. The molecule has 0 fully saturated rings. The Bertz CT molecular complexity index is 674. The van der Waals surface area contributed by atoms with Gasteiger partial charge < -0.3 is 20.5 Å². The molecule has 128 valence electrons. The van der Waals surface area contributed by atoms with Crippen LogP contribution in [0.3, 0.4) is 0 Å². The molecule has 5 nitrogen and oxygen atoms in total. The number of methoxy groups -OCH3 is 2. The number of nitrogens with one attached hydrogen (secondary N) is 1. The molecule has 0 radical (unpaired) electrons. The number of benzene rings is 2. The highest BCUT2D eigenvalue weighted by atomic mass is 16.5. The molecule has 1 amide bonds. The number of carbonyl (C=O) groups is 1. The Hall–Kier alpha value is -2.53. The molecule has 0 aromatic heterocycles. The van der Waals surface area contributed by atoms with Crippen molar-refractivity contribution in [1.82, 2.24) is 5.32 Å². The summed E-state index contributed by atoms with van der Waals surface area (Å²) < 4.78 is 10.5. The lowest BCUT2D eigenvalue weighted by molar-refractivity contribution is -0.123. The van der Waals surface area contributed by atoms with Gasteiger partial charge in [0, 0.05) is 6.54 Å². The van der Waals surface area contributed by atoms with Crippen molar-refractivity contribution in [2.75, 3.05) is 20.8 Å². The summed E-state index contributed by atoms with van der Waals surface area (Å²) in [6.45, 7) is 2.19. The van der Waals surface area contributed by atoms with Crippen molar-refractivity contribution in [2.45, 2.75) is 18.9 Å². The SMILES string of the molecule is COc1ccc(C(C)NC(=O)C(CN)c2ccccc2)cc1OC. The van der Waals surface area contributed by atoms with E-state index in [1.165, 1.54) is 0 Å². The van der Waals surface area contributed by atoms with Gasteiger partial charge in [0.25, 0.3) is 0 Å².